The maximum absolute atomic E-state index is 5.90. The van der Waals surface area contributed by atoms with Gasteiger partial charge in [-0.05, 0) is 18.2 Å². The van der Waals surface area contributed by atoms with Gasteiger partial charge in [0.2, 0.25) is 0 Å². The molecule has 0 radical (unpaired) electrons. The van der Waals surface area contributed by atoms with Gasteiger partial charge in [-0.15, -0.1) is 22.9 Å². The van der Waals surface area contributed by atoms with E-state index in [2.05, 4.69) is 10.3 Å². The van der Waals surface area contributed by atoms with E-state index in [-0.39, 0.29) is 0 Å². The Morgan fingerprint density at radius 1 is 1.25 bits per heavy atom. The maximum atomic E-state index is 5.90. The number of hydrogen-bond donors (Lipinski definition) is 1. The van der Waals surface area contributed by atoms with E-state index in [1.807, 2.05) is 11.4 Å². The summed E-state index contributed by atoms with van der Waals surface area (Å²) in [5, 5.41) is 6.88. The predicted octanol–water partition coefficient (Wildman–Crippen LogP) is 4.93. The standard InChI is InChI=1S/C10H7Cl3N2S/c11-4-7-5-16-10(15-7)14-6-1-2-8(12)9(13)3-6/h1-3,5H,4H2,(H,14,15). The van der Waals surface area contributed by atoms with Crippen LogP contribution in [0, 0.1) is 0 Å². The van der Waals surface area contributed by atoms with Crippen LogP contribution in [0.3, 0.4) is 0 Å². The molecule has 0 aliphatic rings. The molecule has 0 bridgehead atoms. The Kier molecular flexibility index (Phi) is 3.92. The Balaban J connectivity index is 2.17. The highest BCUT2D eigenvalue weighted by Gasteiger charge is 2.03. The van der Waals surface area contributed by atoms with Gasteiger partial charge < -0.3 is 5.32 Å². The number of thiazole rings is 1. The van der Waals surface area contributed by atoms with Gasteiger partial charge in [-0.1, -0.05) is 23.2 Å². The van der Waals surface area contributed by atoms with Crippen molar-refractivity contribution < 1.29 is 0 Å². The average molecular weight is 294 g/mol. The fourth-order valence-electron chi connectivity index (χ4n) is 1.12. The minimum atomic E-state index is 0.416. The highest BCUT2D eigenvalue weighted by molar-refractivity contribution is 7.13. The van der Waals surface area contributed by atoms with Crippen LogP contribution in [0.1, 0.15) is 5.69 Å². The third-order valence-electron chi connectivity index (χ3n) is 1.86. The van der Waals surface area contributed by atoms with Gasteiger partial charge in [0.15, 0.2) is 5.13 Å². The number of rotatable bonds is 3. The van der Waals surface area contributed by atoms with Crippen LogP contribution in [-0.2, 0) is 5.88 Å². The van der Waals surface area contributed by atoms with Crippen LogP contribution >= 0.6 is 46.1 Å². The van der Waals surface area contributed by atoms with Crippen LogP contribution in [0.15, 0.2) is 23.6 Å². The number of halogens is 3. The van der Waals surface area contributed by atoms with Gasteiger partial charge in [-0.3, -0.25) is 0 Å². The molecule has 1 aromatic carbocycles. The number of alkyl halides is 1. The van der Waals surface area contributed by atoms with Crippen LogP contribution < -0.4 is 5.32 Å². The van der Waals surface area contributed by atoms with Crippen LogP contribution in [0.2, 0.25) is 10.0 Å². The molecule has 0 aliphatic carbocycles. The van der Waals surface area contributed by atoms with E-state index in [0.29, 0.717) is 15.9 Å². The molecule has 2 rings (SSSR count). The lowest BCUT2D eigenvalue weighted by Gasteiger charge is -2.03. The number of anilines is 2. The largest absolute Gasteiger partial charge is 0.331 e. The van der Waals surface area contributed by atoms with E-state index < -0.39 is 0 Å². The molecule has 2 nitrogen and oxygen atoms in total. The molecule has 0 saturated carbocycles. The van der Waals surface area contributed by atoms with Crippen LogP contribution in [-0.4, -0.2) is 4.98 Å². The second kappa shape index (κ2) is 5.23. The number of benzene rings is 1. The summed E-state index contributed by atoms with van der Waals surface area (Å²) >= 11 is 18.9. The fourth-order valence-corrected chi connectivity index (χ4v) is 2.38. The molecule has 0 atom stereocenters. The van der Waals surface area contributed by atoms with Crippen molar-refractivity contribution >= 4 is 57.0 Å². The van der Waals surface area contributed by atoms with Crippen LogP contribution in [0.5, 0.6) is 0 Å². The normalized spacial score (nSPS) is 10.4. The SMILES string of the molecule is ClCc1csc(Nc2ccc(Cl)c(Cl)c2)n1. The molecule has 6 heteroatoms. The molecular formula is C10H7Cl3N2S. The number of aromatic nitrogens is 1. The first-order chi connectivity index (χ1) is 7.69. The van der Waals surface area contributed by atoms with Gasteiger partial charge in [0.25, 0.3) is 0 Å². The molecule has 2 aromatic rings. The van der Waals surface area contributed by atoms with Crippen LogP contribution in [0.4, 0.5) is 10.8 Å². The quantitative estimate of drug-likeness (QED) is 0.811. The minimum Gasteiger partial charge on any atom is -0.331 e. The van der Waals surface area contributed by atoms with Crippen molar-refractivity contribution in [3.05, 3.63) is 39.3 Å². The summed E-state index contributed by atoms with van der Waals surface area (Å²) in [7, 11) is 0. The van der Waals surface area contributed by atoms with Crippen molar-refractivity contribution in [2.75, 3.05) is 5.32 Å². The fraction of sp³-hybridized carbons (Fsp3) is 0.100. The molecule has 1 aromatic heterocycles. The van der Waals surface area contributed by atoms with Gasteiger partial charge in [0.05, 0.1) is 21.6 Å². The molecule has 16 heavy (non-hydrogen) atoms. The molecule has 0 saturated heterocycles. The molecule has 0 amide bonds. The maximum Gasteiger partial charge on any atom is 0.187 e. The molecule has 0 spiro atoms. The molecule has 0 fully saturated rings. The summed E-state index contributed by atoms with van der Waals surface area (Å²) in [6, 6.07) is 5.34. The van der Waals surface area contributed by atoms with Gasteiger partial charge in [-0.2, -0.15) is 0 Å². The smallest absolute Gasteiger partial charge is 0.187 e. The Morgan fingerprint density at radius 2 is 2.06 bits per heavy atom. The second-order valence-electron chi connectivity index (χ2n) is 3.03. The minimum absolute atomic E-state index is 0.416. The van der Waals surface area contributed by atoms with E-state index >= 15 is 0 Å². The lowest BCUT2D eigenvalue weighted by atomic mass is 10.3. The lowest BCUT2D eigenvalue weighted by Crippen LogP contribution is -1.89. The monoisotopic (exact) mass is 292 g/mol. The van der Waals surface area contributed by atoms with Crippen molar-refractivity contribution in [2.45, 2.75) is 5.88 Å². The van der Waals surface area contributed by atoms with Gasteiger partial charge in [0.1, 0.15) is 0 Å². The number of hydrogen-bond acceptors (Lipinski definition) is 3. The third kappa shape index (κ3) is 2.80. The molecule has 0 unspecified atom stereocenters. The Bertz CT molecular complexity index is 499. The molecule has 84 valence electrons. The van der Waals surface area contributed by atoms with Crippen molar-refractivity contribution in [1.82, 2.24) is 4.98 Å². The third-order valence-corrected chi connectivity index (χ3v) is 3.68. The summed E-state index contributed by atoms with van der Waals surface area (Å²) in [4.78, 5) is 4.28. The summed E-state index contributed by atoms with van der Waals surface area (Å²) in [5.74, 6) is 0.416. The van der Waals surface area contributed by atoms with Crippen molar-refractivity contribution in [2.24, 2.45) is 0 Å². The summed E-state index contributed by atoms with van der Waals surface area (Å²) < 4.78 is 0. The number of nitrogens with zero attached hydrogens (tertiary/aromatic N) is 1. The van der Waals surface area contributed by atoms with Gasteiger partial charge >= 0.3 is 0 Å². The number of nitrogens with one attached hydrogen (secondary N) is 1. The first-order valence-corrected chi connectivity index (χ1v) is 6.58. The predicted molar refractivity (Wildman–Crippen MR) is 71.4 cm³/mol. The summed E-state index contributed by atoms with van der Waals surface area (Å²) in [6.07, 6.45) is 0. The highest BCUT2D eigenvalue weighted by atomic mass is 35.5. The molecule has 0 aliphatic heterocycles. The Morgan fingerprint density at radius 3 is 2.69 bits per heavy atom. The lowest BCUT2D eigenvalue weighted by molar-refractivity contribution is 1.22. The van der Waals surface area contributed by atoms with E-state index in [4.69, 9.17) is 34.8 Å². The van der Waals surface area contributed by atoms with E-state index in [0.717, 1.165) is 16.5 Å². The second-order valence-corrected chi connectivity index (χ2v) is 4.97. The summed E-state index contributed by atoms with van der Waals surface area (Å²) in [6.45, 7) is 0. The Hall–Kier alpha value is -0.480. The molecule has 1 N–H and O–H groups in total. The first kappa shape index (κ1) is 12.0. The summed E-state index contributed by atoms with van der Waals surface area (Å²) in [5.41, 5.74) is 1.71. The zero-order chi connectivity index (χ0) is 11.5. The van der Waals surface area contributed by atoms with Crippen molar-refractivity contribution in [1.29, 1.82) is 0 Å². The molecular weight excluding hydrogens is 287 g/mol. The van der Waals surface area contributed by atoms with Crippen molar-refractivity contribution in [3.63, 3.8) is 0 Å². The average Bonchev–Trinajstić information content (AvgIpc) is 2.71. The highest BCUT2D eigenvalue weighted by Crippen LogP contribution is 2.28. The molecule has 1 heterocycles. The Labute approximate surface area is 112 Å². The zero-order valence-corrected chi connectivity index (χ0v) is 11.1. The van der Waals surface area contributed by atoms with Crippen LogP contribution in [0.25, 0.3) is 0 Å². The van der Waals surface area contributed by atoms with E-state index in [1.54, 1.807) is 12.1 Å². The van der Waals surface area contributed by atoms with E-state index in [9.17, 15) is 0 Å². The van der Waals surface area contributed by atoms with E-state index in [1.165, 1.54) is 11.3 Å². The topological polar surface area (TPSA) is 24.9 Å². The van der Waals surface area contributed by atoms with Gasteiger partial charge in [0, 0.05) is 11.1 Å². The first-order valence-electron chi connectivity index (χ1n) is 4.41. The zero-order valence-electron chi connectivity index (χ0n) is 8.01. The van der Waals surface area contributed by atoms with Gasteiger partial charge in [-0.25, -0.2) is 4.98 Å². The van der Waals surface area contributed by atoms with Crippen molar-refractivity contribution in [3.8, 4) is 0 Å².